The first-order valence-corrected chi connectivity index (χ1v) is 11.5. The van der Waals surface area contributed by atoms with Crippen LogP contribution in [0.25, 0.3) is 10.8 Å². The standard InChI is InChI=1S/C25H22N2O5S/c1-31-20-13-10-18(11-14-20)27-33(29,30)24-16-19(12-15-23(24)32-2)26-25(28)22-9-5-7-17-6-3-4-8-21(17)22/h3-16,27H,1-2H3,(H,26,28). The minimum absolute atomic E-state index is 0.100. The third-order valence-electron chi connectivity index (χ3n) is 5.09. The van der Waals surface area contributed by atoms with Gasteiger partial charge >= 0.3 is 0 Å². The Morgan fingerprint density at radius 2 is 1.48 bits per heavy atom. The zero-order valence-corrected chi connectivity index (χ0v) is 18.8. The molecule has 0 aliphatic rings. The maximum atomic E-state index is 13.1. The lowest BCUT2D eigenvalue weighted by molar-refractivity contribution is 0.102. The van der Waals surface area contributed by atoms with Gasteiger partial charge in [0.25, 0.3) is 15.9 Å². The second-order valence-electron chi connectivity index (χ2n) is 7.18. The van der Waals surface area contributed by atoms with Crippen LogP contribution in [0.5, 0.6) is 11.5 Å². The van der Waals surface area contributed by atoms with Crippen molar-refractivity contribution in [3.8, 4) is 11.5 Å². The SMILES string of the molecule is COc1ccc(NS(=O)(=O)c2cc(NC(=O)c3cccc4ccccc34)ccc2OC)cc1. The van der Waals surface area contributed by atoms with E-state index in [2.05, 4.69) is 10.0 Å². The molecule has 0 bridgehead atoms. The van der Waals surface area contributed by atoms with E-state index in [1.54, 1.807) is 42.5 Å². The van der Waals surface area contributed by atoms with Crippen LogP contribution in [-0.4, -0.2) is 28.5 Å². The number of sulfonamides is 1. The molecule has 0 atom stereocenters. The highest BCUT2D eigenvalue weighted by molar-refractivity contribution is 7.92. The molecule has 168 valence electrons. The van der Waals surface area contributed by atoms with Gasteiger partial charge in [-0.1, -0.05) is 36.4 Å². The van der Waals surface area contributed by atoms with E-state index in [1.165, 1.54) is 26.4 Å². The molecule has 1 amide bonds. The molecule has 0 aliphatic carbocycles. The summed E-state index contributed by atoms with van der Waals surface area (Å²) < 4.78 is 39.0. The number of carbonyl (C=O) groups excluding carboxylic acids is 1. The van der Waals surface area contributed by atoms with E-state index in [1.807, 2.05) is 30.3 Å². The van der Waals surface area contributed by atoms with Gasteiger partial charge in [0, 0.05) is 16.9 Å². The van der Waals surface area contributed by atoms with E-state index < -0.39 is 10.0 Å². The van der Waals surface area contributed by atoms with Crippen molar-refractivity contribution in [2.75, 3.05) is 24.3 Å². The first-order chi connectivity index (χ1) is 15.9. The first kappa shape index (κ1) is 22.2. The Hall–Kier alpha value is -4.04. The molecule has 0 saturated heterocycles. The summed E-state index contributed by atoms with van der Waals surface area (Å²) >= 11 is 0. The van der Waals surface area contributed by atoms with Gasteiger partial charge in [0.05, 0.1) is 14.2 Å². The number of rotatable bonds is 7. The zero-order valence-electron chi connectivity index (χ0n) is 18.0. The average molecular weight is 463 g/mol. The fraction of sp³-hybridized carbons (Fsp3) is 0.0800. The van der Waals surface area contributed by atoms with Gasteiger partial charge in [-0.25, -0.2) is 8.42 Å². The van der Waals surface area contributed by atoms with E-state index in [9.17, 15) is 13.2 Å². The van der Waals surface area contributed by atoms with Crippen LogP contribution in [0.4, 0.5) is 11.4 Å². The number of carbonyl (C=O) groups is 1. The topological polar surface area (TPSA) is 93.7 Å². The fourth-order valence-corrected chi connectivity index (χ4v) is 4.71. The molecule has 0 spiro atoms. The molecule has 4 rings (SSSR count). The molecule has 2 N–H and O–H groups in total. The summed E-state index contributed by atoms with van der Waals surface area (Å²) in [4.78, 5) is 12.9. The molecule has 0 heterocycles. The molecule has 0 fully saturated rings. The number of methoxy groups -OCH3 is 2. The highest BCUT2D eigenvalue weighted by Gasteiger charge is 2.21. The van der Waals surface area contributed by atoms with Gasteiger partial charge in [-0.05, 0) is 59.3 Å². The highest BCUT2D eigenvalue weighted by Crippen LogP contribution is 2.30. The minimum atomic E-state index is -4.00. The van der Waals surface area contributed by atoms with Crippen LogP contribution in [0, 0.1) is 0 Å². The van der Waals surface area contributed by atoms with Crippen molar-refractivity contribution >= 4 is 38.1 Å². The second kappa shape index (κ2) is 9.22. The van der Waals surface area contributed by atoms with E-state index in [0.29, 0.717) is 22.7 Å². The van der Waals surface area contributed by atoms with Gasteiger partial charge in [0.1, 0.15) is 16.4 Å². The Morgan fingerprint density at radius 1 is 0.788 bits per heavy atom. The van der Waals surface area contributed by atoms with Crippen LogP contribution < -0.4 is 19.5 Å². The molecule has 0 aliphatic heterocycles. The number of ether oxygens (including phenoxy) is 2. The molecule has 4 aromatic carbocycles. The molecule has 0 unspecified atom stereocenters. The molecular formula is C25H22N2O5S. The van der Waals surface area contributed by atoms with Crippen LogP contribution in [0.15, 0.2) is 89.8 Å². The van der Waals surface area contributed by atoms with Crippen LogP contribution >= 0.6 is 0 Å². The number of nitrogens with one attached hydrogen (secondary N) is 2. The molecule has 8 heteroatoms. The van der Waals surface area contributed by atoms with Crippen molar-refractivity contribution < 1.29 is 22.7 Å². The van der Waals surface area contributed by atoms with Crippen molar-refractivity contribution in [1.29, 1.82) is 0 Å². The molecule has 7 nitrogen and oxygen atoms in total. The summed E-state index contributed by atoms with van der Waals surface area (Å²) in [7, 11) is -1.09. The van der Waals surface area contributed by atoms with Crippen molar-refractivity contribution in [2.45, 2.75) is 4.90 Å². The first-order valence-electron chi connectivity index (χ1n) is 10.1. The van der Waals surface area contributed by atoms with Crippen LogP contribution in [0.2, 0.25) is 0 Å². The highest BCUT2D eigenvalue weighted by atomic mass is 32.2. The molecular weight excluding hydrogens is 440 g/mol. The van der Waals surface area contributed by atoms with E-state index in [0.717, 1.165) is 10.8 Å². The van der Waals surface area contributed by atoms with Crippen molar-refractivity contribution in [3.63, 3.8) is 0 Å². The zero-order chi connectivity index (χ0) is 23.4. The summed E-state index contributed by atoms with van der Waals surface area (Å²) in [5.74, 6) is 0.413. The van der Waals surface area contributed by atoms with Gasteiger partial charge in [-0.15, -0.1) is 0 Å². The van der Waals surface area contributed by atoms with Crippen molar-refractivity contribution in [3.05, 3.63) is 90.5 Å². The number of fused-ring (bicyclic) bond motifs is 1. The van der Waals surface area contributed by atoms with E-state index in [-0.39, 0.29) is 16.6 Å². The molecule has 4 aromatic rings. The number of anilines is 2. The third-order valence-corrected chi connectivity index (χ3v) is 6.49. The third kappa shape index (κ3) is 4.75. The van der Waals surface area contributed by atoms with Gasteiger partial charge in [-0.3, -0.25) is 9.52 Å². The fourth-order valence-electron chi connectivity index (χ4n) is 3.46. The van der Waals surface area contributed by atoms with Crippen molar-refractivity contribution in [2.24, 2.45) is 0 Å². The van der Waals surface area contributed by atoms with Crippen LogP contribution in [0.3, 0.4) is 0 Å². The average Bonchev–Trinajstić information content (AvgIpc) is 2.84. The minimum Gasteiger partial charge on any atom is -0.497 e. The normalized spacial score (nSPS) is 11.1. The second-order valence-corrected chi connectivity index (χ2v) is 8.83. The lowest BCUT2D eigenvalue weighted by Gasteiger charge is -2.14. The predicted molar refractivity (Wildman–Crippen MR) is 129 cm³/mol. The van der Waals surface area contributed by atoms with Crippen LogP contribution in [0.1, 0.15) is 10.4 Å². The molecule has 0 aromatic heterocycles. The summed E-state index contributed by atoms with van der Waals surface area (Å²) in [6.45, 7) is 0. The number of amides is 1. The van der Waals surface area contributed by atoms with Gasteiger partial charge in [0.2, 0.25) is 0 Å². The number of hydrogen-bond acceptors (Lipinski definition) is 5. The molecule has 0 radical (unpaired) electrons. The number of hydrogen-bond donors (Lipinski definition) is 2. The monoisotopic (exact) mass is 462 g/mol. The Morgan fingerprint density at radius 3 is 2.21 bits per heavy atom. The Bertz CT molecular complexity index is 1410. The number of benzene rings is 4. The summed E-state index contributed by atoms with van der Waals surface area (Å²) in [6.07, 6.45) is 0. The predicted octanol–water partition coefficient (Wildman–Crippen LogP) is 4.91. The van der Waals surface area contributed by atoms with Crippen LogP contribution in [-0.2, 0) is 10.0 Å². The molecule has 33 heavy (non-hydrogen) atoms. The largest absolute Gasteiger partial charge is 0.497 e. The van der Waals surface area contributed by atoms with Gasteiger partial charge < -0.3 is 14.8 Å². The quantitative estimate of drug-likeness (QED) is 0.407. The van der Waals surface area contributed by atoms with Crippen molar-refractivity contribution in [1.82, 2.24) is 0 Å². The lowest BCUT2D eigenvalue weighted by atomic mass is 10.0. The maximum absolute atomic E-state index is 13.1. The van der Waals surface area contributed by atoms with E-state index in [4.69, 9.17) is 9.47 Å². The van der Waals surface area contributed by atoms with Gasteiger partial charge in [0.15, 0.2) is 0 Å². The van der Waals surface area contributed by atoms with E-state index >= 15 is 0 Å². The summed E-state index contributed by atoms with van der Waals surface area (Å²) in [5, 5.41) is 4.53. The Kier molecular flexibility index (Phi) is 6.19. The summed E-state index contributed by atoms with van der Waals surface area (Å²) in [5.41, 5.74) is 1.18. The maximum Gasteiger partial charge on any atom is 0.265 e. The Balaban J connectivity index is 1.64. The summed E-state index contributed by atoms with van der Waals surface area (Å²) in [6, 6.07) is 24.0. The van der Waals surface area contributed by atoms with Gasteiger partial charge in [-0.2, -0.15) is 0 Å². The smallest absolute Gasteiger partial charge is 0.265 e. The lowest BCUT2D eigenvalue weighted by Crippen LogP contribution is -2.16. The molecule has 0 saturated carbocycles. The Labute approximate surface area is 192 Å².